The molecule has 0 aliphatic heterocycles. The molecule has 1 unspecified atom stereocenters. The highest BCUT2D eigenvalue weighted by atomic mass is 14.9. The average molecular weight is 249 g/mol. The van der Waals surface area contributed by atoms with Crippen LogP contribution in [0.2, 0.25) is 0 Å². The van der Waals surface area contributed by atoms with E-state index in [4.69, 9.17) is 5.26 Å². The van der Waals surface area contributed by atoms with Crippen molar-refractivity contribution in [2.24, 2.45) is 0 Å². The number of nitrogens with one attached hydrogen (secondary N) is 1. The first-order chi connectivity index (χ1) is 9.36. The Morgan fingerprint density at radius 2 is 2.16 bits per heavy atom. The minimum Gasteiger partial charge on any atom is -0.378 e. The number of pyridine rings is 1. The van der Waals surface area contributed by atoms with Gasteiger partial charge >= 0.3 is 0 Å². The van der Waals surface area contributed by atoms with E-state index >= 15 is 0 Å². The van der Waals surface area contributed by atoms with E-state index in [1.165, 1.54) is 17.5 Å². The van der Waals surface area contributed by atoms with E-state index in [0.29, 0.717) is 11.7 Å². The summed E-state index contributed by atoms with van der Waals surface area (Å²) in [6, 6.07) is 14.7. The van der Waals surface area contributed by atoms with Gasteiger partial charge < -0.3 is 5.32 Å². The van der Waals surface area contributed by atoms with Crippen molar-refractivity contribution in [3.05, 3.63) is 59.4 Å². The van der Waals surface area contributed by atoms with Crippen LogP contribution in [0.4, 0.5) is 5.69 Å². The highest BCUT2D eigenvalue weighted by molar-refractivity contribution is 5.49. The molecule has 0 bridgehead atoms. The molecule has 2 aromatic rings. The van der Waals surface area contributed by atoms with Gasteiger partial charge in [0.2, 0.25) is 0 Å². The predicted octanol–water partition coefficient (Wildman–Crippen LogP) is 3.44. The van der Waals surface area contributed by atoms with Crippen molar-refractivity contribution >= 4 is 5.69 Å². The van der Waals surface area contributed by atoms with Gasteiger partial charge in [0.25, 0.3) is 0 Å². The topological polar surface area (TPSA) is 48.7 Å². The number of aryl methyl sites for hydroxylation is 1. The third-order valence-corrected chi connectivity index (χ3v) is 3.58. The van der Waals surface area contributed by atoms with Crippen molar-refractivity contribution in [2.45, 2.75) is 25.3 Å². The molecule has 1 atom stereocenters. The molecule has 3 nitrogen and oxygen atoms in total. The second kappa shape index (κ2) is 5.11. The van der Waals surface area contributed by atoms with Gasteiger partial charge in [0.1, 0.15) is 11.8 Å². The zero-order chi connectivity index (χ0) is 13.1. The van der Waals surface area contributed by atoms with Crippen LogP contribution in [-0.2, 0) is 6.42 Å². The molecule has 19 heavy (non-hydrogen) atoms. The molecule has 0 saturated carbocycles. The Bertz CT molecular complexity index is 628. The Morgan fingerprint density at radius 1 is 1.26 bits per heavy atom. The molecule has 0 amide bonds. The second-order valence-electron chi connectivity index (χ2n) is 4.83. The molecular weight excluding hydrogens is 234 g/mol. The van der Waals surface area contributed by atoms with Crippen molar-refractivity contribution < 1.29 is 0 Å². The maximum absolute atomic E-state index is 8.89. The number of nitriles is 1. The zero-order valence-electron chi connectivity index (χ0n) is 10.6. The highest BCUT2D eigenvalue weighted by Gasteiger charge is 2.19. The van der Waals surface area contributed by atoms with Crippen LogP contribution >= 0.6 is 0 Å². The van der Waals surface area contributed by atoms with E-state index in [1.54, 1.807) is 12.3 Å². The SMILES string of the molecule is N#Cc1cc(NC2CCCc3ccccc32)ccn1. The highest BCUT2D eigenvalue weighted by Crippen LogP contribution is 2.32. The van der Waals surface area contributed by atoms with E-state index < -0.39 is 0 Å². The molecule has 0 spiro atoms. The van der Waals surface area contributed by atoms with Crippen molar-refractivity contribution in [1.29, 1.82) is 5.26 Å². The fourth-order valence-corrected chi connectivity index (χ4v) is 2.69. The van der Waals surface area contributed by atoms with Crippen LogP contribution in [0.1, 0.15) is 35.7 Å². The Balaban J connectivity index is 1.86. The minimum atomic E-state index is 0.332. The number of benzene rings is 1. The lowest BCUT2D eigenvalue weighted by molar-refractivity contribution is 0.600. The monoisotopic (exact) mass is 249 g/mol. The summed E-state index contributed by atoms with van der Waals surface area (Å²) >= 11 is 0. The maximum atomic E-state index is 8.89. The van der Waals surface area contributed by atoms with Gasteiger partial charge in [-0.3, -0.25) is 0 Å². The number of anilines is 1. The third kappa shape index (κ3) is 2.43. The van der Waals surface area contributed by atoms with Crippen molar-refractivity contribution in [3.8, 4) is 6.07 Å². The van der Waals surface area contributed by atoms with Crippen LogP contribution in [0.3, 0.4) is 0 Å². The normalized spacial score (nSPS) is 17.3. The first-order valence-electron chi connectivity index (χ1n) is 6.57. The molecule has 1 aliphatic rings. The van der Waals surface area contributed by atoms with Crippen LogP contribution in [0.5, 0.6) is 0 Å². The summed E-state index contributed by atoms with van der Waals surface area (Å²) in [5.41, 5.74) is 4.23. The standard InChI is InChI=1S/C16H15N3/c17-11-14-10-13(8-9-18-14)19-16-7-3-5-12-4-1-2-6-15(12)16/h1-2,4,6,8-10,16H,3,5,7H2,(H,18,19). The van der Waals surface area contributed by atoms with Crippen LogP contribution < -0.4 is 5.32 Å². The molecule has 1 aromatic carbocycles. The molecule has 0 fully saturated rings. The van der Waals surface area contributed by atoms with Gasteiger partial charge in [-0.1, -0.05) is 24.3 Å². The fourth-order valence-electron chi connectivity index (χ4n) is 2.69. The van der Waals surface area contributed by atoms with Crippen LogP contribution in [0.15, 0.2) is 42.6 Å². The summed E-state index contributed by atoms with van der Waals surface area (Å²) in [7, 11) is 0. The Kier molecular flexibility index (Phi) is 3.16. The van der Waals surface area contributed by atoms with Crippen molar-refractivity contribution in [2.75, 3.05) is 5.32 Å². The van der Waals surface area contributed by atoms with E-state index in [2.05, 4.69) is 40.6 Å². The maximum Gasteiger partial charge on any atom is 0.142 e. The van der Waals surface area contributed by atoms with E-state index in [0.717, 1.165) is 18.5 Å². The molecule has 1 aliphatic carbocycles. The van der Waals surface area contributed by atoms with Gasteiger partial charge in [0.15, 0.2) is 0 Å². The summed E-state index contributed by atoms with van der Waals surface area (Å²) in [5.74, 6) is 0. The second-order valence-corrected chi connectivity index (χ2v) is 4.83. The van der Waals surface area contributed by atoms with Gasteiger partial charge in [-0.05, 0) is 42.5 Å². The first kappa shape index (κ1) is 11.7. The lowest BCUT2D eigenvalue weighted by Crippen LogP contribution is -2.17. The van der Waals surface area contributed by atoms with Crippen molar-refractivity contribution in [3.63, 3.8) is 0 Å². The molecule has 1 aromatic heterocycles. The first-order valence-corrected chi connectivity index (χ1v) is 6.57. The average Bonchev–Trinajstić information content (AvgIpc) is 2.48. The molecule has 1 N–H and O–H groups in total. The smallest absolute Gasteiger partial charge is 0.142 e. The van der Waals surface area contributed by atoms with Crippen LogP contribution in [0.25, 0.3) is 0 Å². The lowest BCUT2D eigenvalue weighted by Gasteiger charge is -2.27. The number of rotatable bonds is 2. The summed E-state index contributed by atoms with van der Waals surface area (Å²) in [6.07, 6.45) is 5.16. The van der Waals surface area contributed by atoms with E-state index in [-0.39, 0.29) is 0 Å². The summed E-state index contributed by atoms with van der Waals surface area (Å²) in [6.45, 7) is 0. The minimum absolute atomic E-state index is 0.332. The number of hydrogen-bond donors (Lipinski definition) is 1. The largest absolute Gasteiger partial charge is 0.378 e. The fraction of sp³-hybridized carbons (Fsp3) is 0.250. The molecule has 3 heteroatoms. The van der Waals surface area contributed by atoms with Gasteiger partial charge in [0.05, 0.1) is 6.04 Å². The summed E-state index contributed by atoms with van der Waals surface area (Å²) in [4.78, 5) is 3.99. The molecule has 94 valence electrons. The Morgan fingerprint density at radius 3 is 3.05 bits per heavy atom. The van der Waals surface area contributed by atoms with Gasteiger partial charge in [-0.25, -0.2) is 4.98 Å². The number of aromatic nitrogens is 1. The number of nitrogens with zero attached hydrogens (tertiary/aromatic N) is 2. The van der Waals surface area contributed by atoms with Crippen molar-refractivity contribution in [1.82, 2.24) is 4.98 Å². The Hall–Kier alpha value is -2.34. The number of fused-ring (bicyclic) bond motifs is 1. The molecule has 3 rings (SSSR count). The van der Waals surface area contributed by atoms with Crippen LogP contribution in [0, 0.1) is 11.3 Å². The van der Waals surface area contributed by atoms with Gasteiger partial charge in [-0.15, -0.1) is 0 Å². The van der Waals surface area contributed by atoms with Gasteiger partial charge in [-0.2, -0.15) is 5.26 Å². The van der Waals surface area contributed by atoms with E-state index in [9.17, 15) is 0 Å². The quantitative estimate of drug-likeness (QED) is 0.886. The van der Waals surface area contributed by atoms with Crippen LogP contribution in [-0.4, -0.2) is 4.98 Å². The molecule has 0 saturated heterocycles. The summed E-state index contributed by atoms with van der Waals surface area (Å²) in [5, 5.41) is 12.4. The Labute approximate surface area is 112 Å². The molecule has 0 radical (unpaired) electrons. The number of hydrogen-bond acceptors (Lipinski definition) is 3. The molecule has 1 heterocycles. The third-order valence-electron chi connectivity index (χ3n) is 3.58. The summed E-state index contributed by atoms with van der Waals surface area (Å²) < 4.78 is 0. The molecular formula is C16H15N3. The lowest BCUT2D eigenvalue weighted by atomic mass is 9.87. The van der Waals surface area contributed by atoms with E-state index in [1.807, 2.05) is 6.07 Å². The zero-order valence-corrected chi connectivity index (χ0v) is 10.6. The van der Waals surface area contributed by atoms with Gasteiger partial charge in [0, 0.05) is 11.9 Å². The predicted molar refractivity (Wildman–Crippen MR) is 74.7 cm³/mol.